The molecular formula is C11H11F3N2O3S. The predicted molar refractivity (Wildman–Crippen MR) is 67.5 cm³/mol. The number of anilines is 1. The summed E-state index contributed by atoms with van der Waals surface area (Å²) in [4.78, 5) is 21.3. The number of carbonyl (C=O) groups excluding carboxylic acids is 1. The van der Waals surface area contributed by atoms with Crippen LogP contribution in [0.1, 0.15) is 0 Å². The van der Waals surface area contributed by atoms with Crippen LogP contribution in [0, 0.1) is 0 Å². The van der Waals surface area contributed by atoms with Crippen LogP contribution < -0.4 is 11.1 Å². The van der Waals surface area contributed by atoms with Gasteiger partial charge in [-0.15, -0.1) is 11.8 Å². The normalized spacial score (nSPS) is 18.0. The molecule has 0 fully saturated rings. The van der Waals surface area contributed by atoms with E-state index >= 15 is 0 Å². The van der Waals surface area contributed by atoms with Crippen LogP contribution in [0.15, 0.2) is 29.2 Å². The zero-order valence-corrected chi connectivity index (χ0v) is 10.8. The summed E-state index contributed by atoms with van der Waals surface area (Å²) in [5.41, 5.74) is 6.49. The number of halogens is 3. The predicted octanol–water partition coefficient (Wildman–Crippen LogP) is 1.69. The third-order valence-electron chi connectivity index (χ3n) is 2.14. The van der Waals surface area contributed by atoms with Crippen molar-refractivity contribution in [2.24, 2.45) is 5.73 Å². The van der Waals surface area contributed by atoms with E-state index in [-0.39, 0.29) is 5.91 Å². The first-order valence-electron chi connectivity index (χ1n) is 5.30. The number of nitrogens with two attached hydrogens (primary N) is 1. The highest BCUT2D eigenvalue weighted by Gasteiger charge is 2.38. The highest BCUT2D eigenvalue weighted by atomic mass is 32.2. The number of para-hydroxylation sites is 1. The summed E-state index contributed by atoms with van der Waals surface area (Å²) in [6.45, 7) is 0. The standard InChI is InChI=1S/C9H10N2OS.C2HF3O2/c10-6-5-13-8-4-2-1-3-7(8)11-9(6)12;3-2(4,5)1(6)7/h1-4,6H,5,10H2,(H,11,12);(H,6,7). The zero-order valence-electron chi connectivity index (χ0n) is 9.98. The summed E-state index contributed by atoms with van der Waals surface area (Å²) in [6, 6.07) is 7.32. The van der Waals surface area contributed by atoms with E-state index in [0.29, 0.717) is 5.75 Å². The fourth-order valence-electron chi connectivity index (χ4n) is 1.18. The number of thioether (sulfide) groups is 1. The third-order valence-corrected chi connectivity index (χ3v) is 3.34. The van der Waals surface area contributed by atoms with E-state index in [1.54, 1.807) is 11.8 Å². The van der Waals surface area contributed by atoms with Crippen LogP contribution in [0.5, 0.6) is 0 Å². The number of alkyl halides is 3. The number of hydrogen-bond donors (Lipinski definition) is 3. The SMILES string of the molecule is NC1CSc2ccccc2NC1=O.O=C(O)C(F)(F)F. The fraction of sp³-hybridized carbons (Fsp3) is 0.273. The number of rotatable bonds is 0. The van der Waals surface area contributed by atoms with Crippen molar-refractivity contribution in [3.63, 3.8) is 0 Å². The Morgan fingerprint density at radius 3 is 2.50 bits per heavy atom. The molecular weight excluding hydrogens is 297 g/mol. The van der Waals surface area contributed by atoms with E-state index in [2.05, 4.69) is 5.32 Å². The van der Waals surface area contributed by atoms with Crippen LogP contribution in [0.3, 0.4) is 0 Å². The molecule has 1 heterocycles. The highest BCUT2D eigenvalue weighted by Crippen LogP contribution is 2.29. The van der Waals surface area contributed by atoms with Crippen molar-refractivity contribution in [2.75, 3.05) is 11.1 Å². The van der Waals surface area contributed by atoms with Gasteiger partial charge in [0.2, 0.25) is 5.91 Å². The molecule has 0 saturated heterocycles. The minimum Gasteiger partial charge on any atom is -0.475 e. The minimum atomic E-state index is -5.08. The number of carboxylic acid groups (broad SMARTS) is 1. The molecule has 0 aromatic heterocycles. The molecule has 20 heavy (non-hydrogen) atoms. The maximum atomic E-state index is 11.3. The van der Waals surface area contributed by atoms with Crippen molar-refractivity contribution in [3.8, 4) is 0 Å². The number of carboxylic acids is 1. The van der Waals surface area contributed by atoms with E-state index in [0.717, 1.165) is 10.6 Å². The number of hydrogen-bond acceptors (Lipinski definition) is 4. The second-order valence-corrected chi connectivity index (χ2v) is 4.77. The van der Waals surface area contributed by atoms with Crippen molar-refractivity contribution in [1.82, 2.24) is 0 Å². The number of aliphatic carboxylic acids is 1. The molecule has 1 amide bonds. The molecule has 0 saturated carbocycles. The lowest BCUT2D eigenvalue weighted by Crippen LogP contribution is -2.36. The average Bonchev–Trinajstić information content (AvgIpc) is 2.49. The lowest BCUT2D eigenvalue weighted by atomic mass is 10.3. The van der Waals surface area contributed by atoms with Gasteiger partial charge in [0.1, 0.15) is 0 Å². The van der Waals surface area contributed by atoms with Gasteiger partial charge >= 0.3 is 12.1 Å². The van der Waals surface area contributed by atoms with Gasteiger partial charge in [-0.1, -0.05) is 12.1 Å². The van der Waals surface area contributed by atoms with Crippen LogP contribution >= 0.6 is 11.8 Å². The molecule has 0 aliphatic carbocycles. The van der Waals surface area contributed by atoms with Gasteiger partial charge in [0.15, 0.2) is 0 Å². The Kier molecular flexibility index (Phi) is 5.40. The van der Waals surface area contributed by atoms with E-state index < -0.39 is 18.2 Å². The summed E-state index contributed by atoms with van der Waals surface area (Å²) in [7, 11) is 0. The van der Waals surface area contributed by atoms with Gasteiger partial charge in [0.25, 0.3) is 0 Å². The van der Waals surface area contributed by atoms with Gasteiger partial charge in [0.05, 0.1) is 11.7 Å². The molecule has 0 radical (unpaired) electrons. The average molecular weight is 308 g/mol. The molecule has 4 N–H and O–H groups in total. The lowest BCUT2D eigenvalue weighted by molar-refractivity contribution is -0.192. The lowest BCUT2D eigenvalue weighted by Gasteiger charge is -2.05. The summed E-state index contributed by atoms with van der Waals surface area (Å²) in [5.74, 6) is -2.21. The van der Waals surface area contributed by atoms with Crippen molar-refractivity contribution in [3.05, 3.63) is 24.3 Å². The summed E-state index contributed by atoms with van der Waals surface area (Å²) in [5, 5.41) is 9.91. The minimum absolute atomic E-state index is 0.0996. The molecule has 0 bridgehead atoms. The van der Waals surface area contributed by atoms with Crippen LogP contribution in [-0.2, 0) is 9.59 Å². The van der Waals surface area contributed by atoms with Crippen LogP contribution in [0.4, 0.5) is 18.9 Å². The smallest absolute Gasteiger partial charge is 0.475 e. The third kappa shape index (κ3) is 4.74. The molecule has 1 aliphatic heterocycles. The van der Waals surface area contributed by atoms with Crippen LogP contribution in [-0.4, -0.2) is 35.0 Å². The van der Waals surface area contributed by atoms with Crippen molar-refractivity contribution in [1.29, 1.82) is 0 Å². The topological polar surface area (TPSA) is 92.4 Å². The maximum absolute atomic E-state index is 11.3. The molecule has 0 spiro atoms. The Hall–Kier alpha value is -1.74. The molecule has 1 aliphatic rings. The first-order valence-corrected chi connectivity index (χ1v) is 6.28. The van der Waals surface area contributed by atoms with Gasteiger partial charge in [-0.05, 0) is 12.1 Å². The zero-order chi connectivity index (χ0) is 15.3. The molecule has 1 aromatic carbocycles. The Labute approximate surface area is 116 Å². The van der Waals surface area contributed by atoms with E-state index in [4.69, 9.17) is 15.6 Å². The van der Waals surface area contributed by atoms with Gasteiger partial charge in [-0.3, -0.25) is 4.79 Å². The van der Waals surface area contributed by atoms with Gasteiger partial charge in [0, 0.05) is 10.6 Å². The molecule has 110 valence electrons. The summed E-state index contributed by atoms with van der Waals surface area (Å²) >= 11 is 1.61. The Morgan fingerprint density at radius 2 is 1.95 bits per heavy atom. The van der Waals surface area contributed by atoms with Crippen LogP contribution in [0.2, 0.25) is 0 Å². The Morgan fingerprint density at radius 1 is 1.40 bits per heavy atom. The van der Waals surface area contributed by atoms with Crippen LogP contribution in [0.25, 0.3) is 0 Å². The number of fused-ring (bicyclic) bond motifs is 1. The summed E-state index contributed by atoms with van der Waals surface area (Å²) < 4.78 is 31.7. The molecule has 2 rings (SSSR count). The quantitative estimate of drug-likeness (QED) is 0.678. The van der Waals surface area contributed by atoms with Gasteiger partial charge in [-0.2, -0.15) is 13.2 Å². The highest BCUT2D eigenvalue weighted by molar-refractivity contribution is 7.99. The van der Waals surface area contributed by atoms with E-state index in [1.807, 2.05) is 24.3 Å². The molecule has 1 aromatic rings. The number of nitrogens with one attached hydrogen (secondary N) is 1. The molecule has 5 nitrogen and oxygen atoms in total. The Bertz CT molecular complexity index is 508. The van der Waals surface area contributed by atoms with Crippen molar-refractivity contribution < 1.29 is 27.9 Å². The second-order valence-electron chi connectivity index (χ2n) is 3.71. The van der Waals surface area contributed by atoms with Gasteiger partial charge in [-0.25, -0.2) is 4.79 Å². The summed E-state index contributed by atoms with van der Waals surface area (Å²) in [6.07, 6.45) is -5.08. The monoisotopic (exact) mass is 308 g/mol. The molecule has 1 atom stereocenters. The van der Waals surface area contributed by atoms with E-state index in [1.165, 1.54) is 0 Å². The number of carbonyl (C=O) groups is 2. The number of amides is 1. The fourth-order valence-corrected chi connectivity index (χ4v) is 2.14. The Balaban J connectivity index is 0.000000246. The largest absolute Gasteiger partial charge is 0.490 e. The van der Waals surface area contributed by atoms with Gasteiger partial charge < -0.3 is 16.2 Å². The first-order chi connectivity index (χ1) is 9.21. The van der Waals surface area contributed by atoms with Crippen molar-refractivity contribution >= 4 is 29.3 Å². The molecule has 9 heteroatoms. The first kappa shape index (κ1) is 16.3. The number of benzene rings is 1. The molecule has 1 unspecified atom stereocenters. The second kappa shape index (κ2) is 6.62. The van der Waals surface area contributed by atoms with E-state index in [9.17, 15) is 18.0 Å². The maximum Gasteiger partial charge on any atom is 0.490 e. The van der Waals surface area contributed by atoms with Crippen molar-refractivity contribution in [2.45, 2.75) is 17.1 Å².